The number of carboxylic acids is 2. The molecule has 3 rings (SSSR count). The number of β-lactam (4-membered cyclic amide) rings is 1. The Morgan fingerprint density at radius 1 is 1.37 bits per heavy atom. The molecule has 1 fully saturated rings. The van der Waals surface area contributed by atoms with Crippen LogP contribution in [0.1, 0.15) is 12.6 Å². The first-order valence-electron chi connectivity index (χ1n) is 9.94. The van der Waals surface area contributed by atoms with Gasteiger partial charge in [0.25, 0.3) is 11.8 Å². The molecule has 2 unspecified atom stereocenters. The number of carbonyl (C=O) groups excluding carboxylic acids is 3. The van der Waals surface area contributed by atoms with E-state index in [0.29, 0.717) is 5.57 Å². The first kappa shape index (κ1) is 30.9. The van der Waals surface area contributed by atoms with E-state index in [1.54, 1.807) is 0 Å². The number of hydrogen-bond acceptors (Lipinski definition) is 11. The average molecular weight is 601 g/mol. The number of amides is 2. The minimum absolute atomic E-state index is 0.00499. The second-order valence-electron chi connectivity index (χ2n) is 7.30. The highest BCUT2D eigenvalue weighted by atomic mass is 32.2. The number of fused-ring (bicyclic) bond motifs is 1. The van der Waals surface area contributed by atoms with Crippen LogP contribution >= 0.6 is 23.1 Å². The fourth-order valence-corrected chi connectivity index (χ4v) is 5.46. The molecule has 3 heterocycles. The van der Waals surface area contributed by atoms with Crippen molar-refractivity contribution in [2.24, 2.45) is 0 Å². The Balaban J connectivity index is 0.000000638. The quantitative estimate of drug-likeness (QED) is 0.145. The molecule has 19 heteroatoms. The Bertz CT molecular complexity index is 1200. The number of nitrogens with zero attached hydrogens (tertiary/aromatic N) is 2. The van der Waals surface area contributed by atoms with Crippen LogP contribution in [0.25, 0.3) is 5.57 Å². The lowest BCUT2D eigenvalue weighted by molar-refractivity contribution is -0.192. The molecule has 0 spiro atoms. The topological polar surface area (TPSA) is 212 Å². The van der Waals surface area contributed by atoms with Crippen LogP contribution in [-0.2, 0) is 39.9 Å². The van der Waals surface area contributed by atoms with Crippen molar-refractivity contribution >= 4 is 74.7 Å². The normalized spacial score (nSPS) is 19.9. The number of halogens is 3. The first-order valence-corrected chi connectivity index (χ1v) is 13.5. The van der Waals surface area contributed by atoms with Crippen LogP contribution in [0.5, 0.6) is 0 Å². The number of alkyl halides is 3. The van der Waals surface area contributed by atoms with Gasteiger partial charge in [-0.05, 0) is 11.2 Å². The third-order valence-electron chi connectivity index (χ3n) is 4.55. The molecule has 0 radical (unpaired) electrons. The van der Waals surface area contributed by atoms with Gasteiger partial charge in [0, 0.05) is 23.6 Å². The Morgan fingerprint density at radius 2 is 1.97 bits per heavy atom. The van der Waals surface area contributed by atoms with Gasteiger partial charge in [-0.1, -0.05) is 0 Å². The molecule has 13 nitrogen and oxygen atoms in total. The Labute approximate surface area is 223 Å². The minimum Gasteiger partial charge on any atom is -0.612 e. The number of nitrogen functional groups attached to an aromatic ring is 1. The molecule has 0 saturated carbocycles. The molecule has 2 aliphatic heterocycles. The van der Waals surface area contributed by atoms with Crippen molar-refractivity contribution in [1.29, 1.82) is 0 Å². The smallest absolute Gasteiger partial charge is 0.490 e. The van der Waals surface area contributed by atoms with Crippen molar-refractivity contribution in [1.82, 2.24) is 15.2 Å². The number of rotatable bonds is 7. The molecule has 3 atom stereocenters. The lowest BCUT2D eigenvalue weighted by Gasteiger charge is -2.49. The molecular weight excluding hydrogens is 581 g/mol. The predicted molar refractivity (Wildman–Crippen MR) is 129 cm³/mol. The molecule has 0 aromatic carbocycles. The average Bonchev–Trinajstić information content (AvgIpc) is 3.24. The summed E-state index contributed by atoms with van der Waals surface area (Å²) < 4.78 is 48.3. The summed E-state index contributed by atoms with van der Waals surface area (Å²) in [4.78, 5) is 62.3. The van der Waals surface area contributed by atoms with Crippen molar-refractivity contribution < 1.29 is 56.6 Å². The van der Waals surface area contributed by atoms with E-state index in [4.69, 9.17) is 20.4 Å². The predicted octanol–water partition coefficient (Wildman–Crippen LogP) is 0.380. The van der Waals surface area contributed by atoms with Gasteiger partial charge in [-0.25, -0.2) is 14.6 Å². The van der Waals surface area contributed by atoms with Crippen LogP contribution in [0, 0.1) is 0 Å². The Hall–Kier alpha value is -3.29. The second-order valence-corrected chi connectivity index (χ2v) is 10.5. The van der Waals surface area contributed by atoms with Crippen molar-refractivity contribution in [2.45, 2.75) is 24.5 Å². The van der Waals surface area contributed by atoms with Crippen LogP contribution in [0.15, 0.2) is 22.1 Å². The molecule has 0 bridgehead atoms. The van der Waals surface area contributed by atoms with E-state index in [2.05, 4.69) is 10.3 Å². The molecule has 2 amide bonds. The summed E-state index contributed by atoms with van der Waals surface area (Å²) in [6, 6.07) is -0.980. The number of anilines is 1. The zero-order chi connectivity index (χ0) is 28.9. The largest absolute Gasteiger partial charge is 0.612 e. The molecule has 1 aromatic heterocycles. The number of thioether (sulfide) groups is 1. The van der Waals surface area contributed by atoms with Gasteiger partial charge in [-0.2, -0.15) is 13.2 Å². The number of esters is 1. The summed E-state index contributed by atoms with van der Waals surface area (Å²) in [6.45, 7) is 0.961. The van der Waals surface area contributed by atoms with Gasteiger partial charge >= 0.3 is 24.1 Å². The fraction of sp³-hybridized carbons (Fsp3) is 0.368. The molecule has 0 aliphatic carbocycles. The van der Waals surface area contributed by atoms with Gasteiger partial charge in [0.05, 0.1) is 11.9 Å². The molecule has 208 valence electrons. The van der Waals surface area contributed by atoms with E-state index in [1.807, 2.05) is 0 Å². The van der Waals surface area contributed by atoms with Gasteiger partial charge in [-0.15, -0.1) is 23.1 Å². The third-order valence-corrected chi connectivity index (χ3v) is 7.14. The van der Waals surface area contributed by atoms with Crippen molar-refractivity contribution in [3.05, 3.63) is 27.8 Å². The zero-order valence-electron chi connectivity index (χ0n) is 19.3. The maximum Gasteiger partial charge on any atom is 0.490 e. The van der Waals surface area contributed by atoms with Gasteiger partial charge in [0.15, 0.2) is 5.13 Å². The number of nitrogens with two attached hydrogens (primary N) is 1. The van der Waals surface area contributed by atoms with Gasteiger partial charge in [-0.3, -0.25) is 19.3 Å². The SMILES string of the molecule is CC(=O)OCC1=C(C(=O)O)N2C(=O)C(NC(=O)/C(=C/[S+](C)[O-])c3csc(N)n3)[C@@H]2SC1.O=C(O)C(F)(F)F. The van der Waals surface area contributed by atoms with Gasteiger partial charge in [0.1, 0.15) is 34.7 Å². The molecule has 1 aromatic rings. The number of carboxylic acid groups (broad SMARTS) is 2. The number of thiazole rings is 1. The second kappa shape index (κ2) is 12.5. The lowest BCUT2D eigenvalue weighted by Crippen LogP contribution is -2.70. The monoisotopic (exact) mass is 600 g/mol. The van der Waals surface area contributed by atoms with E-state index in [0.717, 1.165) is 16.2 Å². The van der Waals surface area contributed by atoms with E-state index in [1.165, 1.54) is 35.7 Å². The molecule has 5 N–H and O–H groups in total. The zero-order valence-corrected chi connectivity index (χ0v) is 21.8. The maximum atomic E-state index is 12.8. The summed E-state index contributed by atoms with van der Waals surface area (Å²) in [5.74, 6) is -5.73. The van der Waals surface area contributed by atoms with E-state index < -0.39 is 58.5 Å². The summed E-state index contributed by atoms with van der Waals surface area (Å²) in [5.41, 5.74) is 5.89. The number of carbonyl (C=O) groups is 5. The number of hydrogen-bond donors (Lipinski definition) is 4. The molecule has 38 heavy (non-hydrogen) atoms. The lowest BCUT2D eigenvalue weighted by atomic mass is 10.0. The Morgan fingerprint density at radius 3 is 2.42 bits per heavy atom. The fourth-order valence-electron chi connectivity index (χ4n) is 3.01. The van der Waals surface area contributed by atoms with E-state index in [-0.39, 0.29) is 34.5 Å². The van der Waals surface area contributed by atoms with E-state index >= 15 is 0 Å². The van der Waals surface area contributed by atoms with Crippen LogP contribution in [0.3, 0.4) is 0 Å². The third kappa shape index (κ3) is 7.62. The van der Waals surface area contributed by atoms with Crippen LogP contribution < -0.4 is 11.1 Å². The highest BCUT2D eigenvalue weighted by molar-refractivity contribution is 8.00. The molecule has 1 saturated heterocycles. The van der Waals surface area contributed by atoms with Gasteiger partial charge < -0.3 is 30.6 Å². The van der Waals surface area contributed by atoms with Crippen molar-refractivity contribution in [3.8, 4) is 0 Å². The number of aliphatic carboxylic acids is 2. The highest BCUT2D eigenvalue weighted by Gasteiger charge is 2.54. The van der Waals surface area contributed by atoms with Crippen LogP contribution in [0.2, 0.25) is 0 Å². The van der Waals surface area contributed by atoms with E-state index in [9.17, 15) is 42.0 Å². The van der Waals surface area contributed by atoms with Crippen molar-refractivity contribution in [2.75, 3.05) is 24.3 Å². The molecular formula is C19H19F3N4O9S3. The summed E-state index contributed by atoms with van der Waals surface area (Å²) >= 11 is 0.871. The van der Waals surface area contributed by atoms with Crippen molar-refractivity contribution in [3.63, 3.8) is 0 Å². The van der Waals surface area contributed by atoms with Crippen LogP contribution in [-0.4, -0.2) is 90.6 Å². The first-order chi connectivity index (χ1) is 17.5. The van der Waals surface area contributed by atoms with Crippen LogP contribution in [0.4, 0.5) is 18.3 Å². The number of aromatic nitrogens is 1. The summed E-state index contributed by atoms with van der Waals surface area (Å²) in [6.07, 6.45) is -3.70. The standard InChI is InChI=1S/C17H18N4O7S3.C2HF3O2/c1-7(22)28-3-8-4-29-15-11(14(24)21(15)12(8)16(25)26)20-13(23)9(6-31(2)27)10-5-30-17(18)19-10;3-2(4,5)1(6)7/h5-6,11,15H,3-4H2,1-2H3,(H2,18,19)(H,20,23)(H,25,26);(H,6,7)/b9-6+;/t11?,15-,31?;/m0./s1. The number of ether oxygens (including phenoxy) is 1. The minimum atomic E-state index is -5.08. The summed E-state index contributed by atoms with van der Waals surface area (Å²) in [5, 5.41) is 21.6. The number of nitrogens with one attached hydrogen (secondary N) is 1. The Kier molecular flexibility index (Phi) is 10.2. The van der Waals surface area contributed by atoms with Gasteiger partial charge in [0.2, 0.25) is 0 Å². The summed E-state index contributed by atoms with van der Waals surface area (Å²) in [7, 11) is 0. The highest BCUT2D eigenvalue weighted by Crippen LogP contribution is 2.40. The maximum absolute atomic E-state index is 12.8. The molecule has 2 aliphatic rings.